The van der Waals surface area contributed by atoms with Gasteiger partial charge in [-0.05, 0) is 25.5 Å². The number of fused-ring (bicyclic) bond motifs is 1. The Kier molecular flexibility index (Phi) is 6.41. The van der Waals surface area contributed by atoms with Crippen molar-refractivity contribution in [3.63, 3.8) is 0 Å². The fraction of sp³-hybridized carbons (Fsp3) is 0.278. The minimum Gasteiger partial charge on any atom is -0.497 e. The van der Waals surface area contributed by atoms with Gasteiger partial charge in [0.2, 0.25) is 0 Å². The summed E-state index contributed by atoms with van der Waals surface area (Å²) in [5.74, 6) is 1.53. The summed E-state index contributed by atoms with van der Waals surface area (Å²) in [6, 6.07) is 3.72. The number of ether oxygens (including phenoxy) is 2. The van der Waals surface area contributed by atoms with Crippen LogP contribution in [0.25, 0.3) is 16.9 Å². The van der Waals surface area contributed by atoms with Crippen molar-refractivity contribution >= 4 is 23.5 Å². The molecule has 28 heavy (non-hydrogen) atoms. The number of methoxy groups -OCH3 is 2. The van der Waals surface area contributed by atoms with Crippen LogP contribution >= 0.6 is 0 Å². The molecule has 3 rings (SSSR count). The molecule has 0 spiro atoms. The van der Waals surface area contributed by atoms with Gasteiger partial charge in [-0.2, -0.15) is 9.59 Å². The Bertz CT molecular complexity index is 1030. The van der Waals surface area contributed by atoms with Gasteiger partial charge in [0.1, 0.15) is 22.8 Å². The van der Waals surface area contributed by atoms with Crippen molar-refractivity contribution in [2.24, 2.45) is 5.73 Å². The molecule has 4 N–H and O–H groups in total. The van der Waals surface area contributed by atoms with E-state index in [4.69, 9.17) is 24.8 Å². The summed E-state index contributed by atoms with van der Waals surface area (Å²) in [5.41, 5.74) is 8.69. The quantitative estimate of drug-likeness (QED) is 0.583. The molecule has 3 aromatic rings. The lowest BCUT2D eigenvalue weighted by molar-refractivity contribution is -0.191. The van der Waals surface area contributed by atoms with E-state index in [0.29, 0.717) is 34.9 Å². The number of hydrogen-bond donors (Lipinski definition) is 3. The van der Waals surface area contributed by atoms with Gasteiger partial charge in [0.15, 0.2) is 11.5 Å². The Morgan fingerprint density at radius 3 is 2.54 bits per heavy atom. The molecule has 2 aromatic heterocycles. The van der Waals surface area contributed by atoms with Gasteiger partial charge in [-0.3, -0.25) is 9.89 Å². The van der Waals surface area contributed by atoms with Gasteiger partial charge < -0.3 is 20.5 Å². The molecule has 0 saturated heterocycles. The maximum atomic E-state index is 11.7. The number of H-pyrrole nitrogens is 1. The Morgan fingerprint density at radius 1 is 1.32 bits per heavy atom. The van der Waals surface area contributed by atoms with Crippen molar-refractivity contribution < 1.29 is 23.9 Å². The molecule has 0 aliphatic carbocycles. The second-order valence-corrected chi connectivity index (χ2v) is 5.65. The van der Waals surface area contributed by atoms with E-state index in [9.17, 15) is 4.79 Å². The predicted octanol–water partition coefficient (Wildman–Crippen LogP) is 1.60. The molecule has 0 aliphatic heterocycles. The van der Waals surface area contributed by atoms with E-state index < -0.39 is 5.91 Å². The fourth-order valence-electron chi connectivity index (χ4n) is 2.91. The van der Waals surface area contributed by atoms with E-state index in [1.54, 1.807) is 31.0 Å². The van der Waals surface area contributed by atoms with E-state index in [1.165, 1.54) is 0 Å². The maximum absolute atomic E-state index is 11.7. The number of primary amides is 1. The van der Waals surface area contributed by atoms with Gasteiger partial charge in [0.25, 0.3) is 5.91 Å². The Morgan fingerprint density at radius 2 is 2.00 bits per heavy atom. The third kappa shape index (κ3) is 3.67. The molecule has 1 aromatic carbocycles. The first kappa shape index (κ1) is 20.5. The number of imidazole rings is 1. The van der Waals surface area contributed by atoms with Gasteiger partial charge in [-0.25, -0.2) is 9.50 Å². The maximum Gasteiger partial charge on any atom is 0.373 e. The predicted molar refractivity (Wildman–Crippen MR) is 101 cm³/mol. The number of aromatic amines is 1. The Balaban J connectivity index is 0.000000878. The molecule has 0 bridgehead atoms. The van der Waals surface area contributed by atoms with Crippen LogP contribution in [-0.2, 0) is 9.59 Å². The average molecular weight is 387 g/mol. The average Bonchev–Trinajstić information content (AvgIpc) is 3.22. The van der Waals surface area contributed by atoms with Crippen molar-refractivity contribution in [3.05, 3.63) is 29.5 Å². The lowest BCUT2D eigenvalue weighted by atomic mass is 10.0. The van der Waals surface area contributed by atoms with Gasteiger partial charge in [0.05, 0.1) is 14.2 Å². The number of aromatic nitrogens is 3. The number of nitrogens with one attached hydrogen (secondary N) is 2. The van der Waals surface area contributed by atoms with Crippen LogP contribution in [0.3, 0.4) is 0 Å². The van der Waals surface area contributed by atoms with E-state index >= 15 is 0 Å². The van der Waals surface area contributed by atoms with E-state index in [1.807, 2.05) is 19.9 Å². The first-order chi connectivity index (χ1) is 13.4. The highest BCUT2D eigenvalue weighted by molar-refractivity contribution is 6.00. The summed E-state index contributed by atoms with van der Waals surface area (Å²) < 4.78 is 12.6. The molecule has 0 saturated carbocycles. The van der Waals surface area contributed by atoms with Crippen LogP contribution in [0.5, 0.6) is 11.5 Å². The summed E-state index contributed by atoms with van der Waals surface area (Å²) in [6.45, 7) is 4.63. The zero-order chi connectivity index (χ0) is 20.8. The van der Waals surface area contributed by atoms with Crippen LogP contribution in [0.15, 0.2) is 18.3 Å². The Hall–Kier alpha value is -3.78. The minimum absolute atomic E-state index is 0.250. The number of carbonyl (C=O) groups is 1. The number of carbonyl (C=O) groups excluding carboxylic acids is 3. The highest BCUT2D eigenvalue weighted by Gasteiger charge is 2.23. The van der Waals surface area contributed by atoms with Gasteiger partial charge in [0, 0.05) is 24.4 Å². The molecule has 0 unspecified atom stereocenters. The van der Waals surface area contributed by atoms with Crippen molar-refractivity contribution in [2.45, 2.75) is 13.8 Å². The second kappa shape index (κ2) is 8.74. The number of rotatable bonds is 6. The summed E-state index contributed by atoms with van der Waals surface area (Å²) in [5, 5.41) is 6.31. The number of aryl methyl sites for hydroxylation is 1. The Labute approximate surface area is 160 Å². The molecule has 10 heteroatoms. The number of anilines is 1. The smallest absolute Gasteiger partial charge is 0.373 e. The van der Waals surface area contributed by atoms with E-state index in [0.717, 1.165) is 16.9 Å². The molecule has 148 valence electrons. The number of hydrogen-bond acceptors (Lipinski definition) is 7. The molecule has 0 atom stereocenters. The molecule has 2 heterocycles. The summed E-state index contributed by atoms with van der Waals surface area (Å²) in [7, 11) is 3.21. The SMILES string of the molecule is CCNc1c(-c2c(C)cc(OC)cc2OC)nc2c(C(N)=O)c[nH]n12.O=C=O. The standard InChI is InChI=1S/C17H21N5O3.CO2/c1-5-19-17-14(21-16-11(15(18)23)8-20-22(16)17)13-9(2)6-10(24-3)7-12(13)25-4;2-1-3/h6-8,19-20H,5H2,1-4H3,(H2,18,23);. The number of amides is 1. The zero-order valence-electron chi connectivity index (χ0n) is 16.0. The van der Waals surface area contributed by atoms with Crippen LogP contribution < -0.4 is 20.5 Å². The zero-order valence-corrected chi connectivity index (χ0v) is 16.0. The minimum atomic E-state index is -0.538. The van der Waals surface area contributed by atoms with Gasteiger partial charge in [-0.1, -0.05) is 0 Å². The summed E-state index contributed by atoms with van der Waals surface area (Å²) >= 11 is 0. The first-order valence-corrected chi connectivity index (χ1v) is 8.29. The lowest BCUT2D eigenvalue weighted by Crippen LogP contribution is -2.10. The highest BCUT2D eigenvalue weighted by Crippen LogP contribution is 2.40. The highest BCUT2D eigenvalue weighted by atomic mass is 16.5. The molecule has 0 radical (unpaired) electrons. The summed E-state index contributed by atoms with van der Waals surface area (Å²) in [6.07, 6.45) is 1.80. The largest absolute Gasteiger partial charge is 0.497 e. The van der Waals surface area contributed by atoms with Crippen molar-refractivity contribution in [1.82, 2.24) is 14.6 Å². The summed E-state index contributed by atoms with van der Waals surface area (Å²) in [4.78, 5) is 32.6. The van der Waals surface area contributed by atoms with Crippen LogP contribution in [0, 0.1) is 6.92 Å². The van der Waals surface area contributed by atoms with E-state index in [-0.39, 0.29) is 6.15 Å². The van der Waals surface area contributed by atoms with Crippen molar-refractivity contribution in [2.75, 3.05) is 26.1 Å². The van der Waals surface area contributed by atoms with Crippen molar-refractivity contribution in [3.8, 4) is 22.8 Å². The third-order valence-corrected chi connectivity index (χ3v) is 4.03. The third-order valence-electron chi connectivity index (χ3n) is 4.03. The van der Waals surface area contributed by atoms with Crippen molar-refractivity contribution in [1.29, 1.82) is 0 Å². The van der Waals surface area contributed by atoms with Crippen LogP contribution in [0.2, 0.25) is 0 Å². The molecule has 0 aliphatic rings. The monoisotopic (exact) mass is 387 g/mol. The van der Waals surface area contributed by atoms with Crippen LogP contribution in [-0.4, -0.2) is 47.4 Å². The van der Waals surface area contributed by atoms with Crippen LogP contribution in [0.1, 0.15) is 22.8 Å². The van der Waals surface area contributed by atoms with Crippen LogP contribution in [0.4, 0.5) is 5.82 Å². The van der Waals surface area contributed by atoms with Gasteiger partial charge >= 0.3 is 6.15 Å². The topological polar surface area (TPSA) is 141 Å². The fourth-order valence-corrected chi connectivity index (χ4v) is 2.91. The molecular formula is C18H21N5O5. The lowest BCUT2D eigenvalue weighted by Gasteiger charge is -2.14. The number of benzene rings is 1. The number of nitrogens with zero attached hydrogens (tertiary/aromatic N) is 2. The second-order valence-electron chi connectivity index (χ2n) is 5.65. The normalized spacial score (nSPS) is 10.0. The van der Waals surface area contributed by atoms with E-state index in [2.05, 4.69) is 15.4 Å². The molecular weight excluding hydrogens is 366 g/mol. The van der Waals surface area contributed by atoms with Gasteiger partial charge in [-0.15, -0.1) is 0 Å². The first-order valence-electron chi connectivity index (χ1n) is 8.29. The number of nitrogens with two attached hydrogens (primary N) is 1. The molecule has 0 fully saturated rings. The molecule has 10 nitrogen and oxygen atoms in total. The molecule has 1 amide bonds.